The third kappa shape index (κ3) is 4.04. The molecule has 1 saturated heterocycles. The number of amides is 1. The Hall–Kier alpha value is -2.01. The van der Waals surface area contributed by atoms with Crippen molar-refractivity contribution < 1.29 is 9.53 Å². The fourth-order valence-corrected chi connectivity index (χ4v) is 3.85. The first kappa shape index (κ1) is 17.4. The van der Waals surface area contributed by atoms with Crippen molar-refractivity contribution in [2.24, 2.45) is 0 Å². The molecule has 1 aliphatic carbocycles. The summed E-state index contributed by atoms with van der Waals surface area (Å²) < 4.78 is 6.60. The van der Waals surface area contributed by atoms with E-state index >= 15 is 0 Å². The van der Waals surface area contributed by atoms with Gasteiger partial charge in [0, 0.05) is 36.3 Å². The molecule has 0 atom stereocenters. The lowest BCUT2D eigenvalue weighted by Crippen LogP contribution is -2.49. The van der Waals surface area contributed by atoms with Crippen LogP contribution in [-0.4, -0.2) is 37.2 Å². The van der Waals surface area contributed by atoms with Gasteiger partial charge in [0.25, 0.3) is 0 Å². The van der Waals surface area contributed by atoms with Crippen LogP contribution in [0.1, 0.15) is 29.9 Å². The van der Waals surface area contributed by atoms with Crippen molar-refractivity contribution in [2.75, 3.05) is 31.1 Å². The smallest absolute Gasteiger partial charge is 0.410 e. The van der Waals surface area contributed by atoms with E-state index in [-0.39, 0.29) is 6.09 Å². The van der Waals surface area contributed by atoms with Crippen LogP contribution < -0.4 is 4.90 Å². The average Bonchev–Trinajstić information content (AvgIpc) is 3.52. The number of carbonyl (C=O) groups excluding carboxylic acids is 1. The summed E-state index contributed by atoms with van der Waals surface area (Å²) in [5, 5.41) is 0. The van der Waals surface area contributed by atoms with E-state index in [1.54, 1.807) is 0 Å². The second kappa shape index (κ2) is 7.70. The van der Waals surface area contributed by atoms with Crippen LogP contribution in [-0.2, 0) is 11.3 Å². The summed E-state index contributed by atoms with van der Waals surface area (Å²) in [6.07, 6.45) is 2.36. The van der Waals surface area contributed by atoms with Crippen molar-refractivity contribution in [2.45, 2.75) is 25.4 Å². The molecule has 1 aliphatic heterocycles. The Balaban J connectivity index is 1.33. The van der Waals surface area contributed by atoms with Crippen molar-refractivity contribution in [3.8, 4) is 0 Å². The molecular formula is C21H23BrN2O2. The zero-order chi connectivity index (χ0) is 17.9. The highest BCUT2D eigenvalue weighted by molar-refractivity contribution is 9.10. The van der Waals surface area contributed by atoms with Crippen molar-refractivity contribution in [1.82, 2.24) is 4.90 Å². The SMILES string of the molecule is O=C(OCc1ccccc1)N1CCN(c2ccc(Br)cc2C2CC2)CC1. The molecule has 1 heterocycles. The van der Waals surface area contributed by atoms with Crippen molar-refractivity contribution in [3.63, 3.8) is 0 Å². The Kier molecular flexibility index (Phi) is 5.16. The van der Waals surface area contributed by atoms with Gasteiger partial charge in [0.15, 0.2) is 0 Å². The molecule has 0 unspecified atom stereocenters. The summed E-state index contributed by atoms with van der Waals surface area (Å²) in [4.78, 5) is 16.5. The van der Waals surface area contributed by atoms with E-state index in [1.807, 2.05) is 35.2 Å². The monoisotopic (exact) mass is 414 g/mol. The molecule has 4 nitrogen and oxygen atoms in total. The predicted molar refractivity (Wildman–Crippen MR) is 107 cm³/mol. The van der Waals surface area contributed by atoms with Crippen LogP contribution in [0.3, 0.4) is 0 Å². The molecule has 4 rings (SSSR count). The largest absolute Gasteiger partial charge is 0.445 e. The van der Waals surface area contributed by atoms with E-state index in [2.05, 4.69) is 39.0 Å². The van der Waals surface area contributed by atoms with Gasteiger partial charge in [-0.05, 0) is 48.1 Å². The van der Waals surface area contributed by atoms with Gasteiger partial charge in [-0.3, -0.25) is 0 Å². The van der Waals surface area contributed by atoms with Gasteiger partial charge in [-0.25, -0.2) is 4.79 Å². The zero-order valence-corrected chi connectivity index (χ0v) is 16.3. The molecule has 1 amide bonds. The van der Waals surface area contributed by atoms with E-state index in [4.69, 9.17) is 4.74 Å². The van der Waals surface area contributed by atoms with Crippen molar-refractivity contribution >= 4 is 27.7 Å². The Labute approximate surface area is 162 Å². The summed E-state index contributed by atoms with van der Waals surface area (Å²) in [5.41, 5.74) is 3.79. The first-order chi connectivity index (χ1) is 12.7. The van der Waals surface area contributed by atoms with E-state index in [1.165, 1.54) is 24.1 Å². The standard InChI is InChI=1S/C21H23BrN2O2/c22-18-8-9-20(19(14-18)17-6-7-17)23-10-12-24(13-11-23)21(25)26-15-16-4-2-1-3-5-16/h1-5,8-9,14,17H,6-7,10-13,15H2. The maximum atomic E-state index is 12.3. The van der Waals surface area contributed by atoms with Crippen LogP contribution in [0.25, 0.3) is 0 Å². The minimum Gasteiger partial charge on any atom is -0.445 e. The maximum absolute atomic E-state index is 12.3. The fourth-order valence-electron chi connectivity index (χ4n) is 3.48. The minimum absolute atomic E-state index is 0.216. The Morgan fingerprint density at radius 2 is 1.77 bits per heavy atom. The lowest BCUT2D eigenvalue weighted by atomic mass is 10.1. The molecule has 136 valence electrons. The number of piperazine rings is 1. The molecule has 0 N–H and O–H groups in total. The number of nitrogens with zero attached hydrogens (tertiary/aromatic N) is 2. The normalized spacial score (nSPS) is 17.3. The Bertz CT molecular complexity index is 769. The van der Waals surface area contributed by atoms with Crippen LogP contribution in [0.5, 0.6) is 0 Å². The summed E-state index contributed by atoms with van der Waals surface area (Å²) in [7, 11) is 0. The zero-order valence-electron chi connectivity index (χ0n) is 14.7. The van der Waals surface area contributed by atoms with Crippen molar-refractivity contribution in [3.05, 3.63) is 64.1 Å². The van der Waals surface area contributed by atoms with E-state index in [0.29, 0.717) is 25.6 Å². The van der Waals surface area contributed by atoms with Gasteiger partial charge in [0.1, 0.15) is 6.61 Å². The number of ether oxygens (including phenoxy) is 1. The molecule has 0 bridgehead atoms. The number of hydrogen-bond donors (Lipinski definition) is 0. The Morgan fingerprint density at radius 1 is 1.04 bits per heavy atom. The molecular weight excluding hydrogens is 392 g/mol. The maximum Gasteiger partial charge on any atom is 0.410 e. The molecule has 1 saturated carbocycles. The van der Waals surface area contributed by atoms with Gasteiger partial charge < -0.3 is 14.5 Å². The van der Waals surface area contributed by atoms with Crippen LogP contribution in [0.4, 0.5) is 10.5 Å². The van der Waals surface area contributed by atoms with Crippen LogP contribution >= 0.6 is 15.9 Å². The second-order valence-electron chi connectivity index (χ2n) is 6.99. The third-order valence-electron chi connectivity index (χ3n) is 5.09. The van der Waals surface area contributed by atoms with Gasteiger partial charge >= 0.3 is 6.09 Å². The first-order valence-electron chi connectivity index (χ1n) is 9.21. The summed E-state index contributed by atoms with van der Waals surface area (Å²) in [6, 6.07) is 16.4. The van der Waals surface area contributed by atoms with Gasteiger partial charge in [0.2, 0.25) is 0 Å². The molecule has 2 aromatic rings. The van der Waals surface area contributed by atoms with Gasteiger partial charge in [-0.1, -0.05) is 46.3 Å². The quantitative estimate of drug-likeness (QED) is 0.720. The third-order valence-corrected chi connectivity index (χ3v) is 5.58. The predicted octanol–water partition coefficient (Wildman–Crippen LogP) is 4.79. The molecule has 0 radical (unpaired) electrons. The van der Waals surface area contributed by atoms with Crippen LogP contribution in [0.15, 0.2) is 53.0 Å². The highest BCUT2D eigenvalue weighted by atomic mass is 79.9. The van der Waals surface area contributed by atoms with Gasteiger partial charge in [0.05, 0.1) is 0 Å². The molecule has 2 aromatic carbocycles. The van der Waals surface area contributed by atoms with Gasteiger partial charge in [-0.2, -0.15) is 0 Å². The van der Waals surface area contributed by atoms with E-state index in [0.717, 1.165) is 23.1 Å². The highest BCUT2D eigenvalue weighted by Crippen LogP contribution is 2.45. The lowest BCUT2D eigenvalue weighted by Gasteiger charge is -2.36. The van der Waals surface area contributed by atoms with E-state index in [9.17, 15) is 4.79 Å². The topological polar surface area (TPSA) is 32.8 Å². The number of carbonyl (C=O) groups is 1. The first-order valence-corrected chi connectivity index (χ1v) is 10.00. The number of benzene rings is 2. The van der Waals surface area contributed by atoms with Crippen molar-refractivity contribution in [1.29, 1.82) is 0 Å². The minimum atomic E-state index is -0.216. The molecule has 26 heavy (non-hydrogen) atoms. The molecule has 0 aromatic heterocycles. The lowest BCUT2D eigenvalue weighted by molar-refractivity contribution is 0.0942. The second-order valence-corrected chi connectivity index (χ2v) is 7.91. The summed E-state index contributed by atoms with van der Waals surface area (Å²) >= 11 is 3.59. The summed E-state index contributed by atoms with van der Waals surface area (Å²) in [6.45, 7) is 3.43. The number of rotatable bonds is 4. The highest BCUT2D eigenvalue weighted by Gasteiger charge is 2.30. The van der Waals surface area contributed by atoms with Gasteiger partial charge in [-0.15, -0.1) is 0 Å². The molecule has 2 fully saturated rings. The molecule has 5 heteroatoms. The molecule has 0 spiro atoms. The molecule has 2 aliphatic rings. The van der Waals surface area contributed by atoms with Crippen LogP contribution in [0, 0.1) is 0 Å². The fraction of sp³-hybridized carbons (Fsp3) is 0.381. The number of halogens is 1. The number of anilines is 1. The number of hydrogen-bond acceptors (Lipinski definition) is 3. The van der Waals surface area contributed by atoms with Crippen LogP contribution in [0.2, 0.25) is 0 Å². The van der Waals surface area contributed by atoms with E-state index < -0.39 is 0 Å². The average molecular weight is 415 g/mol. The Morgan fingerprint density at radius 3 is 2.46 bits per heavy atom. The summed E-state index contributed by atoms with van der Waals surface area (Å²) in [5.74, 6) is 0.705.